The van der Waals surface area contributed by atoms with Gasteiger partial charge in [-0.05, 0) is 36.8 Å². The van der Waals surface area contributed by atoms with Crippen LogP contribution in [0.2, 0.25) is 5.02 Å². The number of hydrogen-bond donors (Lipinski definition) is 2. The normalized spacial score (nSPS) is 22.0. The number of likely N-dealkylation sites (tertiary alicyclic amines) is 1. The van der Waals surface area contributed by atoms with Gasteiger partial charge in [0.05, 0.1) is 13.1 Å². The van der Waals surface area contributed by atoms with Gasteiger partial charge in [0.25, 0.3) is 5.91 Å². The van der Waals surface area contributed by atoms with E-state index < -0.39 is 0 Å². The van der Waals surface area contributed by atoms with Crippen molar-refractivity contribution in [3.8, 4) is 0 Å². The predicted molar refractivity (Wildman–Crippen MR) is 114 cm³/mol. The smallest absolute Gasteiger partial charge is 0.251 e. The summed E-state index contributed by atoms with van der Waals surface area (Å²) in [4.78, 5) is 28.0. The average Bonchev–Trinajstić information content (AvgIpc) is 3.17. The third-order valence-corrected chi connectivity index (χ3v) is 6.14. The van der Waals surface area contributed by atoms with Crippen LogP contribution >= 0.6 is 11.6 Å². The van der Waals surface area contributed by atoms with Crippen molar-refractivity contribution in [2.75, 3.05) is 24.5 Å². The molecule has 2 aliphatic rings. The molecule has 2 amide bonds. The Morgan fingerprint density at radius 2 is 1.90 bits per heavy atom. The second-order valence-corrected chi connectivity index (χ2v) is 8.44. The van der Waals surface area contributed by atoms with Crippen molar-refractivity contribution in [3.05, 3.63) is 64.7 Å². The zero-order valence-corrected chi connectivity index (χ0v) is 17.3. The van der Waals surface area contributed by atoms with Gasteiger partial charge in [-0.25, -0.2) is 0 Å². The number of nitrogens with one attached hydrogen (secondary N) is 2. The van der Waals surface area contributed by atoms with Crippen LogP contribution in [0.3, 0.4) is 0 Å². The van der Waals surface area contributed by atoms with Crippen LogP contribution in [-0.2, 0) is 11.3 Å². The number of quaternary nitrogens is 1. The Morgan fingerprint density at radius 3 is 2.59 bits per heavy atom. The molecule has 2 fully saturated rings. The number of benzene rings is 2. The first-order chi connectivity index (χ1) is 14.1. The molecule has 2 saturated heterocycles. The Hall–Kier alpha value is -2.37. The van der Waals surface area contributed by atoms with E-state index in [2.05, 4.69) is 17.4 Å². The van der Waals surface area contributed by atoms with E-state index in [0.717, 1.165) is 56.2 Å². The number of carbonyl (C=O) groups excluding carboxylic acids is 2. The SMILES string of the molecule is O=C(NC1CC[NH+](Cc2ccc(Cl)cc2)CC1)c1cccc(N2CCCC2=O)c1. The van der Waals surface area contributed by atoms with E-state index in [0.29, 0.717) is 12.0 Å². The fraction of sp³-hybridized carbons (Fsp3) is 0.391. The summed E-state index contributed by atoms with van der Waals surface area (Å²) in [6, 6.07) is 15.7. The molecule has 2 N–H and O–H groups in total. The van der Waals surface area contributed by atoms with Gasteiger partial charge in [-0.1, -0.05) is 29.8 Å². The van der Waals surface area contributed by atoms with E-state index in [9.17, 15) is 9.59 Å². The van der Waals surface area contributed by atoms with Crippen LogP contribution in [0, 0.1) is 0 Å². The molecule has 0 atom stereocenters. The lowest BCUT2D eigenvalue weighted by Crippen LogP contribution is -3.12. The highest BCUT2D eigenvalue weighted by Gasteiger charge is 2.25. The minimum absolute atomic E-state index is 0.0513. The zero-order valence-electron chi connectivity index (χ0n) is 16.5. The third kappa shape index (κ3) is 4.98. The number of nitrogens with zero attached hydrogens (tertiary/aromatic N) is 1. The number of carbonyl (C=O) groups is 2. The molecule has 0 aliphatic carbocycles. The average molecular weight is 413 g/mol. The van der Waals surface area contributed by atoms with Crippen molar-refractivity contribution in [2.45, 2.75) is 38.3 Å². The number of rotatable bonds is 5. The van der Waals surface area contributed by atoms with Crippen LogP contribution in [0.15, 0.2) is 48.5 Å². The first kappa shape index (κ1) is 19.9. The van der Waals surface area contributed by atoms with Crippen molar-refractivity contribution >= 4 is 29.1 Å². The van der Waals surface area contributed by atoms with E-state index in [-0.39, 0.29) is 17.9 Å². The van der Waals surface area contributed by atoms with Gasteiger partial charge in [-0.2, -0.15) is 0 Å². The van der Waals surface area contributed by atoms with E-state index in [1.54, 1.807) is 4.90 Å². The molecule has 5 nitrogen and oxygen atoms in total. The highest BCUT2D eigenvalue weighted by atomic mass is 35.5. The maximum atomic E-state index is 12.7. The molecule has 0 unspecified atom stereocenters. The molecule has 2 aromatic carbocycles. The molecular weight excluding hydrogens is 386 g/mol. The molecule has 2 aliphatic heterocycles. The Bertz CT molecular complexity index is 876. The molecule has 4 rings (SSSR count). The first-order valence-electron chi connectivity index (χ1n) is 10.4. The van der Waals surface area contributed by atoms with Crippen LogP contribution in [0.5, 0.6) is 0 Å². The topological polar surface area (TPSA) is 53.9 Å². The minimum Gasteiger partial charge on any atom is -0.349 e. The Balaban J connectivity index is 1.29. The molecule has 6 heteroatoms. The van der Waals surface area contributed by atoms with E-state index in [4.69, 9.17) is 11.6 Å². The van der Waals surface area contributed by atoms with Gasteiger partial charge >= 0.3 is 0 Å². The molecule has 0 spiro atoms. The molecule has 29 heavy (non-hydrogen) atoms. The molecule has 0 saturated carbocycles. The van der Waals surface area contributed by atoms with Gasteiger partial charge < -0.3 is 15.1 Å². The Morgan fingerprint density at radius 1 is 1.14 bits per heavy atom. The van der Waals surface area contributed by atoms with Crippen LogP contribution in [-0.4, -0.2) is 37.5 Å². The number of amides is 2. The molecule has 2 heterocycles. The second-order valence-electron chi connectivity index (χ2n) is 8.00. The Kier molecular flexibility index (Phi) is 6.16. The lowest BCUT2D eigenvalue weighted by molar-refractivity contribution is -0.918. The van der Waals surface area contributed by atoms with Crippen molar-refractivity contribution in [3.63, 3.8) is 0 Å². The second kappa shape index (κ2) is 8.97. The summed E-state index contributed by atoms with van der Waals surface area (Å²) in [6.07, 6.45) is 3.41. The fourth-order valence-corrected chi connectivity index (χ4v) is 4.37. The third-order valence-electron chi connectivity index (χ3n) is 5.89. The van der Waals surface area contributed by atoms with Gasteiger partial charge in [0.1, 0.15) is 6.54 Å². The van der Waals surface area contributed by atoms with Crippen molar-refractivity contribution < 1.29 is 14.5 Å². The predicted octanol–water partition coefficient (Wildman–Crippen LogP) is 2.44. The van der Waals surface area contributed by atoms with Gasteiger partial charge in [0, 0.05) is 53.7 Å². The van der Waals surface area contributed by atoms with E-state index in [1.807, 2.05) is 36.4 Å². The highest BCUT2D eigenvalue weighted by molar-refractivity contribution is 6.30. The van der Waals surface area contributed by atoms with Gasteiger partial charge in [-0.15, -0.1) is 0 Å². The van der Waals surface area contributed by atoms with E-state index >= 15 is 0 Å². The molecule has 152 valence electrons. The number of anilines is 1. The minimum atomic E-state index is -0.0513. The van der Waals surface area contributed by atoms with E-state index in [1.165, 1.54) is 10.5 Å². The quantitative estimate of drug-likeness (QED) is 0.792. The summed E-state index contributed by atoms with van der Waals surface area (Å²) in [5.74, 6) is 0.0863. The maximum Gasteiger partial charge on any atom is 0.251 e. The van der Waals surface area contributed by atoms with Crippen LogP contribution in [0.4, 0.5) is 5.69 Å². The lowest BCUT2D eigenvalue weighted by atomic mass is 10.0. The van der Waals surface area contributed by atoms with Gasteiger partial charge in [-0.3, -0.25) is 9.59 Å². The summed E-state index contributed by atoms with van der Waals surface area (Å²) < 4.78 is 0. The number of hydrogen-bond acceptors (Lipinski definition) is 2. The van der Waals surface area contributed by atoms with Crippen LogP contribution in [0.1, 0.15) is 41.6 Å². The van der Waals surface area contributed by atoms with Gasteiger partial charge in [0.15, 0.2) is 0 Å². The molecule has 0 aromatic heterocycles. The number of piperidine rings is 1. The molecule has 0 radical (unpaired) electrons. The zero-order chi connectivity index (χ0) is 20.2. The monoisotopic (exact) mass is 412 g/mol. The summed E-state index contributed by atoms with van der Waals surface area (Å²) in [6.45, 7) is 3.80. The summed E-state index contributed by atoms with van der Waals surface area (Å²) in [5.41, 5.74) is 2.74. The Labute approximate surface area is 176 Å². The standard InChI is InChI=1S/C23H26ClN3O2/c24-19-8-6-17(7-9-19)16-26-13-10-20(11-14-26)25-23(29)18-3-1-4-21(15-18)27-12-2-5-22(27)28/h1,3-4,6-9,15,20H,2,5,10-14,16H2,(H,25,29)/p+1. The molecule has 2 aromatic rings. The summed E-state index contributed by atoms with van der Waals surface area (Å²) >= 11 is 5.96. The number of halogens is 1. The van der Waals surface area contributed by atoms with Crippen molar-refractivity contribution in [1.82, 2.24) is 5.32 Å². The fourth-order valence-electron chi connectivity index (χ4n) is 4.24. The lowest BCUT2D eigenvalue weighted by Gasteiger charge is -2.30. The maximum absolute atomic E-state index is 12.7. The highest BCUT2D eigenvalue weighted by Crippen LogP contribution is 2.22. The first-order valence-corrected chi connectivity index (χ1v) is 10.8. The van der Waals surface area contributed by atoms with Crippen molar-refractivity contribution in [2.24, 2.45) is 0 Å². The van der Waals surface area contributed by atoms with Crippen LogP contribution in [0.25, 0.3) is 0 Å². The summed E-state index contributed by atoms with van der Waals surface area (Å²) in [5, 5.41) is 3.95. The van der Waals surface area contributed by atoms with Gasteiger partial charge in [0.2, 0.25) is 5.91 Å². The van der Waals surface area contributed by atoms with Crippen LogP contribution < -0.4 is 15.1 Å². The van der Waals surface area contributed by atoms with Crippen molar-refractivity contribution in [1.29, 1.82) is 0 Å². The molecular formula is C23H27ClN3O2+. The summed E-state index contributed by atoms with van der Waals surface area (Å²) in [7, 11) is 0. The largest absolute Gasteiger partial charge is 0.349 e. The molecule has 0 bridgehead atoms.